The second-order valence-corrected chi connectivity index (χ2v) is 4.45. The van der Waals surface area contributed by atoms with Crippen LogP contribution in [0.25, 0.3) is 10.9 Å². The van der Waals surface area contributed by atoms with Crippen molar-refractivity contribution in [1.29, 1.82) is 0 Å². The van der Waals surface area contributed by atoms with Gasteiger partial charge in [0.15, 0.2) is 0 Å². The number of fused-ring (bicyclic) bond motifs is 1. The molecule has 0 atom stereocenters. The topological polar surface area (TPSA) is 26.2 Å². The Morgan fingerprint density at radius 3 is 2.75 bits per heavy atom. The van der Waals surface area contributed by atoms with Crippen LogP contribution in [0, 0.1) is 0 Å². The Morgan fingerprint density at radius 1 is 1.25 bits per heavy atom. The van der Waals surface area contributed by atoms with Crippen molar-refractivity contribution >= 4 is 10.9 Å². The van der Waals surface area contributed by atoms with Crippen molar-refractivity contribution in [1.82, 2.24) is 9.88 Å². The Morgan fingerprint density at radius 2 is 2.05 bits per heavy atom. The maximum atomic E-state index is 12.0. The standard InChI is InChI=1S/C14H17F3N2O/c1-2-20-12-3-4-13-11(9-12)5-7-19(13)8-6-18-10-14(15,16)17/h3-5,7,9,18H,2,6,8,10H2,1H3. The van der Waals surface area contributed by atoms with Gasteiger partial charge in [0.1, 0.15) is 5.75 Å². The first-order chi connectivity index (χ1) is 9.49. The highest BCUT2D eigenvalue weighted by molar-refractivity contribution is 5.81. The summed E-state index contributed by atoms with van der Waals surface area (Å²) in [7, 11) is 0. The number of hydrogen-bond acceptors (Lipinski definition) is 2. The third-order valence-corrected chi connectivity index (χ3v) is 2.91. The van der Waals surface area contributed by atoms with Gasteiger partial charge in [-0.15, -0.1) is 0 Å². The molecule has 0 saturated carbocycles. The van der Waals surface area contributed by atoms with Crippen LogP contribution >= 0.6 is 0 Å². The van der Waals surface area contributed by atoms with Gasteiger partial charge in [-0.3, -0.25) is 0 Å². The number of aromatic nitrogens is 1. The Bertz CT molecular complexity index is 563. The minimum atomic E-state index is -4.16. The van der Waals surface area contributed by atoms with Crippen LogP contribution in [0.4, 0.5) is 13.2 Å². The average Bonchev–Trinajstić information content (AvgIpc) is 2.76. The van der Waals surface area contributed by atoms with Crippen LogP contribution in [0.2, 0.25) is 0 Å². The number of halogens is 3. The highest BCUT2D eigenvalue weighted by atomic mass is 19.4. The van der Waals surface area contributed by atoms with Crippen LogP contribution in [0.15, 0.2) is 30.5 Å². The van der Waals surface area contributed by atoms with Crippen molar-refractivity contribution in [2.24, 2.45) is 0 Å². The summed E-state index contributed by atoms with van der Waals surface area (Å²) in [6.07, 6.45) is -2.29. The molecule has 0 unspecified atom stereocenters. The van der Waals surface area contributed by atoms with Crippen molar-refractivity contribution in [3.05, 3.63) is 30.5 Å². The first kappa shape index (κ1) is 14.7. The molecule has 0 radical (unpaired) electrons. The monoisotopic (exact) mass is 286 g/mol. The summed E-state index contributed by atoms with van der Waals surface area (Å²) in [5.74, 6) is 0.799. The lowest BCUT2D eigenvalue weighted by Gasteiger charge is -2.10. The lowest BCUT2D eigenvalue weighted by atomic mass is 10.2. The van der Waals surface area contributed by atoms with Crippen LogP contribution in [0.5, 0.6) is 5.75 Å². The van der Waals surface area contributed by atoms with Crippen LogP contribution in [0.3, 0.4) is 0 Å². The molecule has 2 rings (SSSR count). The van der Waals surface area contributed by atoms with Crippen LogP contribution in [-0.2, 0) is 6.54 Å². The molecule has 0 saturated heterocycles. The number of nitrogens with one attached hydrogen (secondary N) is 1. The molecule has 3 nitrogen and oxygen atoms in total. The zero-order chi connectivity index (χ0) is 14.6. The number of hydrogen-bond donors (Lipinski definition) is 1. The van der Waals surface area contributed by atoms with E-state index in [9.17, 15) is 13.2 Å². The molecule has 1 aromatic carbocycles. The first-order valence-corrected chi connectivity index (χ1v) is 6.49. The molecule has 1 N–H and O–H groups in total. The predicted octanol–water partition coefficient (Wildman–Crippen LogP) is 3.19. The third kappa shape index (κ3) is 3.90. The summed E-state index contributed by atoms with van der Waals surface area (Å²) >= 11 is 0. The van der Waals surface area contributed by atoms with E-state index in [4.69, 9.17) is 4.74 Å². The normalized spacial score (nSPS) is 12.0. The Hall–Kier alpha value is -1.69. The highest BCUT2D eigenvalue weighted by Crippen LogP contribution is 2.22. The van der Waals surface area contributed by atoms with Crippen LogP contribution in [0.1, 0.15) is 6.92 Å². The molecule has 6 heteroatoms. The van der Waals surface area contributed by atoms with Gasteiger partial charge < -0.3 is 14.6 Å². The summed E-state index contributed by atoms with van der Waals surface area (Å²) in [4.78, 5) is 0. The van der Waals surface area contributed by atoms with Gasteiger partial charge in [-0.1, -0.05) is 0 Å². The lowest BCUT2D eigenvalue weighted by molar-refractivity contribution is -0.124. The second kappa shape index (κ2) is 6.17. The van der Waals surface area contributed by atoms with E-state index in [1.165, 1.54) is 0 Å². The maximum Gasteiger partial charge on any atom is 0.401 e. The van der Waals surface area contributed by atoms with Gasteiger partial charge in [-0.25, -0.2) is 0 Å². The summed E-state index contributed by atoms with van der Waals surface area (Å²) in [5, 5.41) is 3.41. The van der Waals surface area contributed by atoms with E-state index in [-0.39, 0.29) is 6.54 Å². The number of nitrogens with zero attached hydrogens (tertiary/aromatic N) is 1. The predicted molar refractivity (Wildman–Crippen MR) is 72.0 cm³/mol. The van der Waals surface area contributed by atoms with E-state index in [0.29, 0.717) is 13.2 Å². The Kier molecular flexibility index (Phi) is 4.54. The molecule has 0 bridgehead atoms. The summed E-state index contributed by atoms with van der Waals surface area (Å²) in [6, 6.07) is 7.65. The largest absolute Gasteiger partial charge is 0.494 e. The zero-order valence-electron chi connectivity index (χ0n) is 11.2. The van der Waals surface area contributed by atoms with E-state index in [0.717, 1.165) is 16.7 Å². The molecule has 1 heterocycles. The van der Waals surface area contributed by atoms with Gasteiger partial charge in [-0.05, 0) is 31.2 Å². The third-order valence-electron chi connectivity index (χ3n) is 2.91. The molecular weight excluding hydrogens is 269 g/mol. The molecule has 0 amide bonds. The molecule has 0 spiro atoms. The van der Waals surface area contributed by atoms with Gasteiger partial charge in [-0.2, -0.15) is 13.2 Å². The van der Waals surface area contributed by atoms with E-state index >= 15 is 0 Å². The Labute approximate surface area is 115 Å². The van der Waals surface area contributed by atoms with Crippen molar-refractivity contribution in [3.8, 4) is 5.75 Å². The van der Waals surface area contributed by atoms with Crippen molar-refractivity contribution < 1.29 is 17.9 Å². The average molecular weight is 286 g/mol. The number of ether oxygens (including phenoxy) is 1. The summed E-state index contributed by atoms with van der Waals surface area (Å²) in [5.41, 5.74) is 0.988. The van der Waals surface area contributed by atoms with Gasteiger partial charge >= 0.3 is 6.18 Å². The minimum absolute atomic E-state index is 0.274. The molecule has 0 aliphatic heterocycles. The van der Waals surface area contributed by atoms with Crippen LogP contribution in [-0.4, -0.2) is 30.4 Å². The molecule has 0 aliphatic rings. The first-order valence-electron chi connectivity index (χ1n) is 6.49. The molecule has 110 valence electrons. The van der Waals surface area contributed by atoms with E-state index in [2.05, 4.69) is 5.32 Å². The van der Waals surface area contributed by atoms with Gasteiger partial charge in [0, 0.05) is 30.2 Å². The summed E-state index contributed by atoms with van der Waals surface area (Å²) < 4.78 is 43.4. The van der Waals surface area contributed by atoms with Crippen molar-refractivity contribution in [2.45, 2.75) is 19.6 Å². The fourth-order valence-corrected chi connectivity index (χ4v) is 2.06. The molecule has 2 aromatic rings. The van der Waals surface area contributed by atoms with Crippen molar-refractivity contribution in [2.75, 3.05) is 19.7 Å². The fourth-order valence-electron chi connectivity index (χ4n) is 2.06. The summed E-state index contributed by atoms with van der Waals surface area (Å²) in [6.45, 7) is 2.33. The molecule has 20 heavy (non-hydrogen) atoms. The van der Waals surface area contributed by atoms with E-state index in [1.807, 2.05) is 42.0 Å². The van der Waals surface area contributed by atoms with Gasteiger partial charge in [0.25, 0.3) is 0 Å². The quantitative estimate of drug-likeness (QED) is 0.825. The van der Waals surface area contributed by atoms with Gasteiger partial charge in [0.2, 0.25) is 0 Å². The molecular formula is C14H17F3N2O. The van der Waals surface area contributed by atoms with Crippen LogP contribution < -0.4 is 10.1 Å². The molecule has 0 aliphatic carbocycles. The molecule has 1 aromatic heterocycles. The number of alkyl halides is 3. The molecule has 0 fully saturated rings. The number of benzene rings is 1. The van der Waals surface area contributed by atoms with Gasteiger partial charge in [0.05, 0.1) is 13.2 Å². The Balaban J connectivity index is 1.97. The SMILES string of the molecule is CCOc1ccc2c(ccn2CCNCC(F)(F)F)c1. The minimum Gasteiger partial charge on any atom is -0.494 e. The smallest absolute Gasteiger partial charge is 0.401 e. The zero-order valence-corrected chi connectivity index (χ0v) is 11.2. The number of rotatable bonds is 6. The van der Waals surface area contributed by atoms with E-state index in [1.54, 1.807) is 0 Å². The lowest BCUT2D eigenvalue weighted by Crippen LogP contribution is -2.31. The highest BCUT2D eigenvalue weighted by Gasteiger charge is 2.25. The second-order valence-electron chi connectivity index (χ2n) is 4.45. The van der Waals surface area contributed by atoms with Crippen molar-refractivity contribution in [3.63, 3.8) is 0 Å². The van der Waals surface area contributed by atoms with E-state index < -0.39 is 12.7 Å². The fraction of sp³-hybridized carbons (Fsp3) is 0.429. The maximum absolute atomic E-state index is 12.0.